The first-order valence-electron chi connectivity index (χ1n) is 7.36. The van der Waals surface area contributed by atoms with Crippen LogP contribution in [0.5, 0.6) is 0 Å². The maximum Gasteiger partial charge on any atom is 0.447 e. The molecule has 0 saturated carbocycles. The van der Waals surface area contributed by atoms with Gasteiger partial charge in [0.1, 0.15) is 6.61 Å². The van der Waals surface area contributed by atoms with Crippen LogP contribution in [0.15, 0.2) is 34.3 Å². The van der Waals surface area contributed by atoms with E-state index in [4.69, 9.17) is 10.5 Å². The average Bonchev–Trinajstić information content (AvgIpc) is 2.66. The quantitative estimate of drug-likeness (QED) is 0.182. The number of thioether (sulfide) groups is 2. The molecule has 0 unspecified atom stereocenters. The summed E-state index contributed by atoms with van der Waals surface area (Å²) in [4.78, 5) is 40.5. The molecule has 0 saturated heterocycles. The Balaban J connectivity index is 2.50. The fraction of sp³-hybridized carbons (Fsp3) is 0.333. The third-order valence-corrected chi connectivity index (χ3v) is 5.04. The van der Waals surface area contributed by atoms with Crippen LogP contribution < -0.4 is 5.73 Å². The van der Waals surface area contributed by atoms with Crippen LogP contribution in [0, 0.1) is 0 Å². The second kappa shape index (κ2) is 11.6. The minimum atomic E-state index is -0.889. The lowest BCUT2D eigenvalue weighted by Gasteiger charge is -2.20. The third kappa shape index (κ3) is 8.01. The zero-order valence-corrected chi connectivity index (χ0v) is 17.7. The van der Waals surface area contributed by atoms with Crippen LogP contribution in [0.4, 0.5) is 9.59 Å². The number of hydrogen-bond donors (Lipinski definition) is 1. The van der Waals surface area contributed by atoms with Gasteiger partial charge in [-0.25, -0.2) is 18.2 Å². The predicted molar refractivity (Wildman–Crippen MR) is 108 cm³/mol. The van der Waals surface area contributed by atoms with Gasteiger partial charge in [-0.05, 0) is 30.2 Å². The molecule has 0 radical (unpaired) electrons. The van der Waals surface area contributed by atoms with E-state index in [1.165, 1.54) is 14.1 Å². The van der Waals surface area contributed by atoms with Crippen molar-refractivity contribution in [3.63, 3.8) is 0 Å². The van der Waals surface area contributed by atoms with Crippen molar-refractivity contribution in [3.05, 3.63) is 29.8 Å². The smallest absolute Gasteiger partial charge is 0.444 e. The minimum Gasteiger partial charge on any atom is -0.444 e. The van der Waals surface area contributed by atoms with Crippen molar-refractivity contribution >= 4 is 58.8 Å². The molecule has 0 heterocycles. The highest BCUT2D eigenvalue weighted by atomic mass is 32.2. The van der Waals surface area contributed by atoms with Crippen molar-refractivity contribution in [2.24, 2.45) is 10.9 Å². The molecule has 0 aliphatic carbocycles. The zero-order valence-electron chi connectivity index (χ0n) is 15.2. The van der Waals surface area contributed by atoms with Gasteiger partial charge in [0.15, 0.2) is 0 Å². The highest BCUT2D eigenvalue weighted by Crippen LogP contribution is 2.18. The molecule has 0 atom stereocenters. The second-order valence-corrected chi connectivity index (χ2v) is 7.74. The van der Waals surface area contributed by atoms with Gasteiger partial charge in [-0.2, -0.15) is 0 Å². The van der Waals surface area contributed by atoms with Crippen LogP contribution in [0.1, 0.15) is 5.56 Å². The number of hydrogen-bond acceptors (Lipinski definition) is 9. The van der Waals surface area contributed by atoms with Gasteiger partial charge in [0.25, 0.3) is 5.91 Å². The lowest BCUT2D eigenvalue weighted by atomic mass is 10.2. The van der Waals surface area contributed by atoms with Gasteiger partial charge >= 0.3 is 12.2 Å². The maximum absolute atomic E-state index is 12.0. The van der Waals surface area contributed by atoms with E-state index in [0.29, 0.717) is 0 Å². The predicted octanol–water partition coefficient (Wildman–Crippen LogP) is 2.77. The average molecular weight is 433 g/mol. The summed E-state index contributed by atoms with van der Waals surface area (Å²) in [5.41, 5.74) is 5.91. The number of nitrogens with two attached hydrogens (primary N) is 1. The molecular formula is C15H20N4O5S3. The van der Waals surface area contributed by atoms with E-state index in [0.717, 1.165) is 43.0 Å². The summed E-state index contributed by atoms with van der Waals surface area (Å²) in [6.45, 7) is 0.103. The monoisotopic (exact) mass is 432 g/mol. The number of nitrogens with zero attached hydrogens (tertiary/aromatic N) is 3. The van der Waals surface area contributed by atoms with E-state index in [9.17, 15) is 14.4 Å². The Morgan fingerprint density at radius 2 is 1.81 bits per heavy atom. The molecule has 0 aliphatic heterocycles. The van der Waals surface area contributed by atoms with Crippen molar-refractivity contribution in [3.8, 4) is 0 Å². The number of primary amides is 1. The first kappa shape index (κ1) is 23.0. The molecule has 1 aromatic rings. The number of rotatable bonds is 6. The number of carbonyl (C=O) groups excluding carboxylic acids is 3. The fourth-order valence-electron chi connectivity index (χ4n) is 1.57. The van der Waals surface area contributed by atoms with Crippen LogP contribution in [-0.2, 0) is 21.0 Å². The Morgan fingerprint density at radius 1 is 1.15 bits per heavy atom. The van der Waals surface area contributed by atoms with E-state index < -0.39 is 18.1 Å². The summed E-state index contributed by atoms with van der Waals surface area (Å²) >= 11 is 3.28. The van der Waals surface area contributed by atoms with Gasteiger partial charge in [-0.1, -0.05) is 17.3 Å². The summed E-state index contributed by atoms with van der Waals surface area (Å²) in [5, 5.41) is 3.22. The Labute approximate surface area is 170 Å². The number of carbonyl (C=O) groups is 3. The van der Waals surface area contributed by atoms with Gasteiger partial charge in [0.05, 0.1) is 12.1 Å². The first-order valence-corrected chi connectivity index (χ1v) is 10.5. The molecule has 0 aromatic heterocycles. The van der Waals surface area contributed by atoms with E-state index >= 15 is 0 Å². The highest BCUT2D eigenvalue weighted by molar-refractivity contribution is 8.15. The molecule has 0 fully saturated rings. The number of benzene rings is 1. The van der Waals surface area contributed by atoms with Crippen LogP contribution in [0.3, 0.4) is 0 Å². The molecule has 1 rings (SSSR count). The SMILES string of the molecule is CSC(=NOC(=O)N(C)SN(C)C(=O)OCc1cccc(SC)c1)C(N)=O. The second-order valence-electron chi connectivity index (χ2n) is 4.80. The van der Waals surface area contributed by atoms with Gasteiger partial charge in [-0.15, -0.1) is 23.5 Å². The molecule has 2 N–H and O–H groups in total. The van der Waals surface area contributed by atoms with Crippen molar-refractivity contribution in [1.82, 2.24) is 8.61 Å². The Hall–Kier alpha value is -2.05. The highest BCUT2D eigenvalue weighted by Gasteiger charge is 2.20. The van der Waals surface area contributed by atoms with Crippen LogP contribution >= 0.6 is 35.7 Å². The van der Waals surface area contributed by atoms with Gasteiger partial charge in [0, 0.05) is 19.0 Å². The third-order valence-electron chi connectivity index (χ3n) is 2.87. The summed E-state index contributed by atoms with van der Waals surface area (Å²) in [6, 6.07) is 7.62. The van der Waals surface area contributed by atoms with Gasteiger partial charge in [-0.3, -0.25) is 9.63 Å². The Bertz CT molecular complexity index is 716. The van der Waals surface area contributed by atoms with Crippen LogP contribution in [0.25, 0.3) is 0 Å². The topological polar surface area (TPSA) is 115 Å². The molecule has 9 nitrogen and oxygen atoms in total. The standard InChI is InChI=1S/C15H20N4O5S3/c1-18(14(21)23-9-10-6-5-7-11(8-10)25-3)27-19(2)15(22)24-17-13(26-4)12(16)20/h5-8H,9H2,1-4H3,(H2,16,20). The molecule has 0 spiro atoms. The normalized spacial score (nSPS) is 10.9. The summed E-state index contributed by atoms with van der Waals surface area (Å²) in [6.07, 6.45) is 1.99. The van der Waals surface area contributed by atoms with Crippen LogP contribution in [0.2, 0.25) is 0 Å². The van der Waals surface area contributed by atoms with Crippen molar-refractivity contribution in [1.29, 1.82) is 0 Å². The first-order chi connectivity index (χ1) is 12.8. The lowest BCUT2D eigenvalue weighted by molar-refractivity contribution is -0.111. The molecule has 0 bridgehead atoms. The lowest BCUT2D eigenvalue weighted by Crippen LogP contribution is -2.29. The van der Waals surface area contributed by atoms with Crippen molar-refractivity contribution in [2.45, 2.75) is 11.5 Å². The molecular weight excluding hydrogens is 412 g/mol. The van der Waals surface area contributed by atoms with Crippen LogP contribution in [-0.4, -0.2) is 58.4 Å². The number of oxime groups is 1. The van der Waals surface area contributed by atoms with E-state index in [2.05, 4.69) is 9.99 Å². The maximum atomic E-state index is 12.0. The van der Waals surface area contributed by atoms with Crippen molar-refractivity contribution < 1.29 is 24.0 Å². The van der Waals surface area contributed by atoms with E-state index in [-0.39, 0.29) is 11.7 Å². The Kier molecular flexibility index (Phi) is 9.89. The Morgan fingerprint density at radius 3 is 2.41 bits per heavy atom. The summed E-state index contributed by atoms with van der Waals surface area (Å²) in [7, 11) is 2.81. The largest absolute Gasteiger partial charge is 0.447 e. The summed E-state index contributed by atoms with van der Waals surface area (Å²) < 4.78 is 7.33. The number of ether oxygens (including phenoxy) is 1. The van der Waals surface area contributed by atoms with Gasteiger partial charge in [0.2, 0.25) is 5.04 Å². The van der Waals surface area contributed by atoms with Crippen molar-refractivity contribution in [2.75, 3.05) is 26.6 Å². The number of amides is 3. The zero-order chi connectivity index (χ0) is 20.4. The minimum absolute atomic E-state index is 0.103. The van der Waals surface area contributed by atoms with E-state index in [1.807, 2.05) is 30.5 Å². The fourth-order valence-corrected chi connectivity index (χ4v) is 2.95. The molecule has 1 aromatic carbocycles. The van der Waals surface area contributed by atoms with Gasteiger partial charge < -0.3 is 10.5 Å². The molecule has 12 heteroatoms. The molecule has 3 amide bonds. The van der Waals surface area contributed by atoms with E-state index in [1.54, 1.807) is 18.0 Å². The molecule has 0 aliphatic rings. The molecule has 27 heavy (non-hydrogen) atoms. The molecule has 148 valence electrons. The summed E-state index contributed by atoms with van der Waals surface area (Å²) in [5.74, 6) is -0.808.